The van der Waals surface area contributed by atoms with Crippen LogP contribution in [0.4, 0.5) is 11.4 Å². The highest BCUT2D eigenvalue weighted by Crippen LogP contribution is 2.52. The first-order chi connectivity index (χ1) is 13.4. The molecule has 3 heteroatoms. The Morgan fingerprint density at radius 2 is 1.64 bits per heavy atom. The zero-order valence-corrected chi connectivity index (χ0v) is 17.5. The largest absolute Gasteiger partial charge is 0.337 e. The molecule has 0 radical (unpaired) electrons. The van der Waals surface area contributed by atoms with Crippen LogP contribution in [0.15, 0.2) is 42.5 Å². The third-order valence-corrected chi connectivity index (χ3v) is 7.69. The van der Waals surface area contributed by atoms with E-state index in [1.165, 1.54) is 75.8 Å². The Balaban J connectivity index is 0.00000171. The predicted molar refractivity (Wildman–Crippen MR) is 119 cm³/mol. The van der Waals surface area contributed by atoms with Gasteiger partial charge in [-0.3, -0.25) is 0 Å². The second kappa shape index (κ2) is 7.39. The van der Waals surface area contributed by atoms with Gasteiger partial charge in [-0.15, -0.1) is 12.4 Å². The number of anilines is 2. The summed E-state index contributed by atoms with van der Waals surface area (Å²) in [5, 5.41) is 0. The van der Waals surface area contributed by atoms with Crippen molar-refractivity contribution in [2.45, 2.75) is 56.9 Å². The van der Waals surface area contributed by atoms with Crippen LogP contribution in [0.1, 0.15) is 54.7 Å². The van der Waals surface area contributed by atoms with Crippen molar-refractivity contribution >= 4 is 23.8 Å². The van der Waals surface area contributed by atoms with E-state index in [-0.39, 0.29) is 12.4 Å². The van der Waals surface area contributed by atoms with Gasteiger partial charge in [0.25, 0.3) is 0 Å². The molecule has 0 N–H and O–H groups in total. The highest BCUT2D eigenvalue weighted by atomic mass is 35.5. The monoisotopic (exact) mass is 394 g/mol. The molecule has 6 rings (SSSR count). The molecule has 0 spiro atoms. The summed E-state index contributed by atoms with van der Waals surface area (Å²) in [5.41, 5.74) is 7.79. The van der Waals surface area contributed by atoms with Crippen LogP contribution in [0.5, 0.6) is 0 Å². The van der Waals surface area contributed by atoms with Gasteiger partial charge in [0.2, 0.25) is 0 Å². The fourth-order valence-electron chi connectivity index (χ4n) is 6.44. The third kappa shape index (κ3) is 2.88. The second-order valence-electron chi connectivity index (χ2n) is 9.23. The van der Waals surface area contributed by atoms with Gasteiger partial charge in [0.15, 0.2) is 0 Å². The van der Waals surface area contributed by atoms with Gasteiger partial charge in [-0.1, -0.05) is 49.2 Å². The SMILES string of the molecule is Cl.c1ccc2c(c1)CCc1cccc3c1N2C1CCN(CC2CCCC2)CC31. The Bertz CT molecular complexity index is 857. The first-order valence-electron chi connectivity index (χ1n) is 11.1. The van der Waals surface area contributed by atoms with E-state index in [1.54, 1.807) is 16.8 Å². The molecule has 4 aliphatic rings. The fraction of sp³-hybridized carbons (Fsp3) is 0.520. The van der Waals surface area contributed by atoms with Crippen LogP contribution in [-0.4, -0.2) is 30.6 Å². The van der Waals surface area contributed by atoms with Crippen molar-refractivity contribution in [1.82, 2.24) is 4.90 Å². The van der Waals surface area contributed by atoms with E-state index in [4.69, 9.17) is 0 Å². The topological polar surface area (TPSA) is 6.48 Å². The molecule has 2 aromatic rings. The highest BCUT2D eigenvalue weighted by molar-refractivity contribution is 5.85. The van der Waals surface area contributed by atoms with Gasteiger partial charge in [-0.25, -0.2) is 0 Å². The molecule has 1 aliphatic carbocycles. The van der Waals surface area contributed by atoms with Crippen molar-refractivity contribution in [3.63, 3.8) is 0 Å². The quantitative estimate of drug-likeness (QED) is 0.643. The van der Waals surface area contributed by atoms with E-state index in [0.717, 1.165) is 5.92 Å². The van der Waals surface area contributed by atoms with Crippen LogP contribution < -0.4 is 4.90 Å². The molecule has 3 aliphatic heterocycles. The predicted octanol–water partition coefficient (Wildman–Crippen LogP) is 5.71. The molecule has 2 fully saturated rings. The van der Waals surface area contributed by atoms with E-state index >= 15 is 0 Å². The number of piperidine rings is 1. The summed E-state index contributed by atoms with van der Waals surface area (Å²) in [6, 6.07) is 17.0. The van der Waals surface area contributed by atoms with Crippen LogP contribution in [-0.2, 0) is 12.8 Å². The molecular formula is C25H31ClN2. The minimum absolute atomic E-state index is 0. The van der Waals surface area contributed by atoms with E-state index in [9.17, 15) is 0 Å². The summed E-state index contributed by atoms with van der Waals surface area (Å²) in [5.74, 6) is 1.64. The number of rotatable bonds is 2. The molecule has 3 heterocycles. The summed E-state index contributed by atoms with van der Waals surface area (Å²) in [6.07, 6.45) is 9.51. The van der Waals surface area contributed by atoms with Crippen LogP contribution in [0.2, 0.25) is 0 Å². The normalized spacial score (nSPS) is 26.2. The number of fused-ring (bicyclic) bond motifs is 5. The summed E-state index contributed by atoms with van der Waals surface area (Å²) in [7, 11) is 0. The maximum Gasteiger partial charge on any atom is 0.0483 e. The van der Waals surface area contributed by atoms with E-state index in [0.29, 0.717) is 12.0 Å². The first-order valence-corrected chi connectivity index (χ1v) is 11.1. The number of hydrogen-bond acceptors (Lipinski definition) is 2. The molecule has 28 heavy (non-hydrogen) atoms. The molecule has 1 saturated heterocycles. The lowest BCUT2D eigenvalue weighted by molar-refractivity contribution is 0.171. The number of benzene rings is 2. The fourth-order valence-corrected chi connectivity index (χ4v) is 6.44. The average Bonchev–Trinajstić information content (AvgIpc) is 3.28. The standard InChI is InChI=1S/C25H30N2.ClH/c1-2-7-18(6-1)16-26-15-14-24-22(17-26)21-10-5-9-20-13-12-19-8-3-4-11-23(19)27(24)25(20)21;/h3-5,8-11,18,22,24H,1-2,6-7,12-17H2;1H. The van der Waals surface area contributed by atoms with Crippen molar-refractivity contribution in [3.05, 3.63) is 59.2 Å². The summed E-state index contributed by atoms with van der Waals surface area (Å²) >= 11 is 0. The number of likely N-dealkylation sites (tertiary alicyclic amines) is 1. The molecule has 1 saturated carbocycles. The van der Waals surface area contributed by atoms with E-state index in [1.807, 2.05) is 0 Å². The Morgan fingerprint density at radius 1 is 0.857 bits per heavy atom. The zero-order chi connectivity index (χ0) is 17.8. The minimum atomic E-state index is 0. The molecule has 2 unspecified atom stereocenters. The molecule has 0 bridgehead atoms. The lowest BCUT2D eigenvalue weighted by Gasteiger charge is -2.40. The van der Waals surface area contributed by atoms with Crippen LogP contribution >= 0.6 is 12.4 Å². The molecular weight excluding hydrogens is 364 g/mol. The summed E-state index contributed by atoms with van der Waals surface area (Å²) in [6.45, 7) is 3.88. The molecule has 0 amide bonds. The van der Waals surface area contributed by atoms with Gasteiger partial charge in [0.05, 0.1) is 0 Å². The van der Waals surface area contributed by atoms with Gasteiger partial charge >= 0.3 is 0 Å². The summed E-state index contributed by atoms with van der Waals surface area (Å²) < 4.78 is 0. The van der Waals surface area contributed by atoms with Crippen molar-refractivity contribution in [2.75, 3.05) is 24.5 Å². The number of hydrogen-bond donors (Lipinski definition) is 0. The van der Waals surface area contributed by atoms with Crippen molar-refractivity contribution in [1.29, 1.82) is 0 Å². The first kappa shape index (κ1) is 18.5. The molecule has 148 valence electrons. The zero-order valence-electron chi connectivity index (χ0n) is 16.6. The smallest absolute Gasteiger partial charge is 0.0483 e. The average molecular weight is 395 g/mol. The Hall–Kier alpha value is -1.51. The number of aryl methyl sites for hydroxylation is 2. The third-order valence-electron chi connectivity index (χ3n) is 7.69. The highest BCUT2D eigenvalue weighted by Gasteiger charge is 2.44. The van der Waals surface area contributed by atoms with Gasteiger partial charge in [0.1, 0.15) is 0 Å². The van der Waals surface area contributed by atoms with Gasteiger partial charge in [-0.2, -0.15) is 0 Å². The molecule has 0 aromatic heterocycles. The maximum atomic E-state index is 2.80. The molecule has 2 aromatic carbocycles. The van der Waals surface area contributed by atoms with Gasteiger partial charge < -0.3 is 9.80 Å². The Morgan fingerprint density at radius 3 is 2.54 bits per heavy atom. The number of halogens is 1. The number of nitrogens with zero attached hydrogens (tertiary/aromatic N) is 2. The molecule has 2 nitrogen and oxygen atoms in total. The maximum absolute atomic E-state index is 2.80. The van der Waals surface area contributed by atoms with Crippen LogP contribution in [0.25, 0.3) is 0 Å². The van der Waals surface area contributed by atoms with Gasteiger partial charge in [0, 0.05) is 43.0 Å². The van der Waals surface area contributed by atoms with Crippen molar-refractivity contribution in [2.24, 2.45) is 5.92 Å². The lowest BCUT2D eigenvalue weighted by atomic mass is 9.87. The Labute approximate surface area is 175 Å². The minimum Gasteiger partial charge on any atom is -0.337 e. The van der Waals surface area contributed by atoms with E-state index < -0.39 is 0 Å². The Kier molecular flexibility index (Phi) is 4.88. The number of para-hydroxylation sites is 2. The van der Waals surface area contributed by atoms with Crippen molar-refractivity contribution in [3.8, 4) is 0 Å². The molecule has 2 atom stereocenters. The van der Waals surface area contributed by atoms with Crippen LogP contribution in [0.3, 0.4) is 0 Å². The van der Waals surface area contributed by atoms with Crippen molar-refractivity contribution < 1.29 is 0 Å². The lowest BCUT2D eigenvalue weighted by Crippen LogP contribution is -2.46. The van der Waals surface area contributed by atoms with Crippen LogP contribution in [0, 0.1) is 5.92 Å². The second-order valence-corrected chi connectivity index (χ2v) is 9.23. The summed E-state index contributed by atoms with van der Waals surface area (Å²) in [4.78, 5) is 5.55. The van der Waals surface area contributed by atoms with Gasteiger partial charge in [-0.05, 0) is 60.8 Å². The van der Waals surface area contributed by atoms with E-state index in [2.05, 4.69) is 52.3 Å².